The zero-order valence-corrected chi connectivity index (χ0v) is 14.7. The molecule has 0 spiro atoms. The predicted octanol–water partition coefficient (Wildman–Crippen LogP) is 2.33. The summed E-state index contributed by atoms with van der Waals surface area (Å²) in [5, 5.41) is 12.0. The fourth-order valence-corrected chi connectivity index (χ4v) is 3.14. The molecular formula is C20H19FN2O4. The molecule has 140 valence electrons. The second-order valence-corrected chi connectivity index (χ2v) is 6.45. The molecule has 3 rings (SSSR count). The highest BCUT2D eigenvalue weighted by Gasteiger charge is 2.23. The summed E-state index contributed by atoms with van der Waals surface area (Å²) in [7, 11) is 1.69. The molecule has 0 aliphatic carbocycles. The third-order valence-electron chi connectivity index (χ3n) is 4.72. The van der Waals surface area contributed by atoms with Crippen molar-refractivity contribution in [3.8, 4) is 0 Å². The number of amides is 2. The Bertz CT molecular complexity index is 895. The van der Waals surface area contributed by atoms with Crippen LogP contribution in [-0.4, -0.2) is 36.5 Å². The van der Waals surface area contributed by atoms with Gasteiger partial charge in [0, 0.05) is 31.3 Å². The summed E-state index contributed by atoms with van der Waals surface area (Å²) >= 11 is 0. The summed E-state index contributed by atoms with van der Waals surface area (Å²) < 4.78 is 13.0. The van der Waals surface area contributed by atoms with E-state index in [1.807, 2.05) is 0 Å². The largest absolute Gasteiger partial charge is 0.481 e. The number of anilines is 1. The number of hydrogen-bond acceptors (Lipinski definition) is 3. The van der Waals surface area contributed by atoms with Crippen molar-refractivity contribution in [1.29, 1.82) is 0 Å². The van der Waals surface area contributed by atoms with Crippen molar-refractivity contribution in [1.82, 2.24) is 5.32 Å². The fourth-order valence-electron chi connectivity index (χ4n) is 3.14. The number of rotatable bonds is 5. The number of aryl methyl sites for hydroxylation is 1. The summed E-state index contributed by atoms with van der Waals surface area (Å²) in [6.07, 6.45) is 0.952. The topological polar surface area (TPSA) is 86.7 Å². The third-order valence-corrected chi connectivity index (χ3v) is 4.72. The molecule has 2 amide bonds. The van der Waals surface area contributed by atoms with Crippen LogP contribution < -0.4 is 10.2 Å². The molecule has 0 bridgehead atoms. The molecule has 0 unspecified atom stereocenters. The zero-order chi connectivity index (χ0) is 19.6. The van der Waals surface area contributed by atoms with Gasteiger partial charge in [0.15, 0.2) is 0 Å². The molecule has 7 heteroatoms. The highest BCUT2D eigenvalue weighted by molar-refractivity contribution is 5.99. The van der Waals surface area contributed by atoms with Crippen LogP contribution in [0.4, 0.5) is 10.1 Å². The lowest BCUT2D eigenvalue weighted by Gasteiger charge is -2.26. The van der Waals surface area contributed by atoms with Crippen molar-refractivity contribution < 1.29 is 23.9 Å². The van der Waals surface area contributed by atoms with Crippen LogP contribution in [0.3, 0.4) is 0 Å². The minimum atomic E-state index is -1.10. The first kappa shape index (κ1) is 18.6. The Morgan fingerprint density at radius 3 is 2.56 bits per heavy atom. The number of fused-ring (bicyclic) bond motifs is 1. The van der Waals surface area contributed by atoms with Crippen LogP contribution >= 0.6 is 0 Å². The average molecular weight is 370 g/mol. The molecule has 2 aromatic rings. The molecular weight excluding hydrogens is 351 g/mol. The Balaban J connectivity index is 1.72. The smallest absolute Gasteiger partial charge is 0.312 e. The van der Waals surface area contributed by atoms with E-state index < -0.39 is 23.6 Å². The second-order valence-electron chi connectivity index (χ2n) is 6.45. The van der Waals surface area contributed by atoms with Gasteiger partial charge in [0.2, 0.25) is 5.91 Å². The fraction of sp³-hybridized carbons (Fsp3) is 0.250. The summed E-state index contributed by atoms with van der Waals surface area (Å²) in [4.78, 5) is 37.3. The van der Waals surface area contributed by atoms with Gasteiger partial charge in [0.25, 0.3) is 5.91 Å². The Kier molecular flexibility index (Phi) is 5.21. The Hall–Kier alpha value is -3.22. The number of carboxylic acid groups (broad SMARTS) is 1. The van der Waals surface area contributed by atoms with Gasteiger partial charge in [-0.1, -0.05) is 12.1 Å². The van der Waals surface area contributed by atoms with Gasteiger partial charge in [0.05, 0.1) is 5.92 Å². The van der Waals surface area contributed by atoms with Gasteiger partial charge in [-0.3, -0.25) is 14.4 Å². The molecule has 1 aliphatic heterocycles. The number of hydrogen-bond donors (Lipinski definition) is 2. The lowest BCUT2D eigenvalue weighted by Crippen LogP contribution is -2.33. The number of aliphatic carboxylic acids is 1. The van der Waals surface area contributed by atoms with E-state index in [9.17, 15) is 23.9 Å². The van der Waals surface area contributed by atoms with Crippen LogP contribution in [0.5, 0.6) is 0 Å². The maximum Gasteiger partial charge on any atom is 0.312 e. The first-order chi connectivity index (χ1) is 12.9. The highest BCUT2D eigenvalue weighted by Crippen LogP contribution is 2.27. The minimum absolute atomic E-state index is 0.0308. The van der Waals surface area contributed by atoms with Crippen LogP contribution in [-0.2, 0) is 16.0 Å². The van der Waals surface area contributed by atoms with Crippen LogP contribution in [0.2, 0.25) is 0 Å². The monoisotopic (exact) mass is 370 g/mol. The van der Waals surface area contributed by atoms with E-state index in [0.717, 1.165) is 11.3 Å². The molecule has 0 saturated heterocycles. The molecule has 0 saturated carbocycles. The first-order valence-corrected chi connectivity index (χ1v) is 8.53. The van der Waals surface area contributed by atoms with Crippen molar-refractivity contribution in [2.24, 2.45) is 0 Å². The van der Waals surface area contributed by atoms with Gasteiger partial charge < -0.3 is 15.3 Å². The molecule has 0 aromatic heterocycles. The van der Waals surface area contributed by atoms with Gasteiger partial charge in [0.1, 0.15) is 5.82 Å². The normalized spacial score (nSPS) is 14.4. The van der Waals surface area contributed by atoms with Crippen molar-refractivity contribution in [2.45, 2.75) is 18.8 Å². The zero-order valence-electron chi connectivity index (χ0n) is 14.7. The predicted molar refractivity (Wildman–Crippen MR) is 97.3 cm³/mol. The van der Waals surface area contributed by atoms with Crippen LogP contribution in [0.15, 0.2) is 42.5 Å². The number of carboxylic acids is 1. The van der Waals surface area contributed by atoms with Crippen molar-refractivity contribution >= 4 is 23.5 Å². The van der Waals surface area contributed by atoms with Crippen LogP contribution in [0.1, 0.15) is 33.8 Å². The Labute approximate surface area is 155 Å². The first-order valence-electron chi connectivity index (χ1n) is 8.53. The molecule has 1 aliphatic rings. The Morgan fingerprint density at radius 1 is 1.19 bits per heavy atom. The van der Waals surface area contributed by atoms with E-state index in [0.29, 0.717) is 24.0 Å². The van der Waals surface area contributed by atoms with Gasteiger partial charge in [-0.25, -0.2) is 4.39 Å². The molecule has 2 aromatic carbocycles. The lowest BCUT2D eigenvalue weighted by molar-refractivity contribution is -0.138. The molecule has 6 nitrogen and oxygen atoms in total. The van der Waals surface area contributed by atoms with E-state index in [4.69, 9.17) is 0 Å². The molecule has 1 atom stereocenters. The minimum Gasteiger partial charge on any atom is -0.481 e. The molecule has 0 fully saturated rings. The summed E-state index contributed by atoms with van der Waals surface area (Å²) in [6.45, 7) is -0.116. The van der Waals surface area contributed by atoms with E-state index in [2.05, 4.69) is 5.32 Å². The van der Waals surface area contributed by atoms with Crippen molar-refractivity contribution in [3.63, 3.8) is 0 Å². The van der Waals surface area contributed by atoms with Gasteiger partial charge in [-0.15, -0.1) is 0 Å². The summed E-state index contributed by atoms with van der Waals surface area (Å²) in [5.41, 5.74) is 2.49. The molecule has 2 N–H and O–H groups in total. The van der Waals surface area contributed by atoms with Gasteiger partial charge in [-0.05, 0) is 47.9 Å². The highest BCUT2D eigenvalue weighted by atomic mass is 19.1. The van der Waals surface area contributed by atoms with Gasteiger partial charge in [-0.2, -0.15) is 0 Å². The molecule has 0 radical (unpaired) electrons. The standard InChI is InChI=1S/C20H19FN2O4/c1-23-17-8-4-14(10-13(17)5-9-18(23)24)19(25)22-11-16(20(26)27)12-2-6-15(21)7-3-12/h2-4,6-8,10,16H,5,9,11H2,1H3,(H,22,25)(H,26,27)/t16-/m1/s1. The van der Waals surface area contributed by atoms with E-state index in [-0.39, 0.29) is 12.5 Å². The van der Waals surface area contributed by atoms with Gasteiger partial charge >= 0.3 is 5.97 Å². The molecule has 27 heavy (non-hydrogen) atoms. The SMILES string of the molecule is CN1C(=O)CCc2cc(C(=O)NC[C@@H](C(=O)O)c3ccc(F)cc3)ccc21. The summed E-state index contributed by atoms with van der Waals surface area (Å²) in [5.74, 6) is -2.90. The quantitative estimate of drug-likeness (QED) is 0.846. The second kappa shape index (κ2) is 7.57. The number of nitrogens with zero attached hydrogens (tertiary/aromatic N) is 1. The maximum atomic E-state index is 13.0. The third kappa shape index (κ3) is 3.97. The number of benzene rings is 2. The van der Waals surface area contributed by atoms with Crippen molar-refractivity contribution in [2.75, 3.05) is 18.5 Å². The van der Waals surface area contributed by atoms with E-state index >= 15 is 0 Å². The summed E-state index contributed by atoms with van der Waals surface area (Å²) in [6, 6.07) is 10.2. The maximum absolute atomic E-state index is 13.0. The van der Waals surface area contributed by atoms with E-state index in [1.54, 1.807) is 30.1 Å². The van der Waals surface area contributed by atoms with Crippen molar-refractivity contribution in [3.05, 3.63) is 65.0 Å². The Morgan fingerprint density at radius 2 is 1.89 bits per heavy atom. The lowest BCUT2D eigenvalue weighted by atomic mass is 9.98. The number of halogens is 1. The number of carbonyl (C=O) groups excluding carboxylic acids is 2. The number of nitrogens with one attached hydrogen (secondary N) is 1. The van der Waals surface area contributed by atoms with Crippen LogP contribution in [0, 0.1) is 5.82 Å². The van der Waals surface area contributed by atoms with Crippen LogP contribution in [0.25, 0.3) is 0 Å². The molecule has 1 heterocycles. The number of carbonyl (C=O) groups is 3. The average Bonchev–Trinajstić information content (AvgIpc) is 2.65. The van der Waals surface area contributed by atoms with E-state index in [1.165, 1.54) is 24.3 Å².